The average molecular weight is 511 g/mol. The lowest BCUT2D eigenvalue weighted by atomic mass is 10.1. The summed E-state index contributed by atoms with van der Waals surface area (Å²) in [6.45, 7) is 0. The first-order valence-electron chi connectivity index (χ1n) is 10.5. The predicted octanol–water partition coefficient (Wildman–Crippen LogP) is 6.08. The van der Waals surface area contributed by atoms with Gasteiger partial charge in [0.1, 0.15) is 0 Å². The lowest BCUT2D eigenvalue weighted by molar-refractivity contribution is 0.589. The van der Waals surface area contributed by atoms with Crippen molar-refractivity contribution in [3.05, 3.63) is 84.9 Å². The van der Waals surface area contributed by atoms with Crippen molar-refractivity contribution in [2.24, 2.45) is 0 Å². The molecule has 2 heterocycles. The summed E-state index contributed by atoms with van der Waals surface area (Å²) >= 11 is -1.25. The number of fused-ring (bicyclic) bond motifs is 4. The third-order valence-corrected chi connectivity index (χ3v) is 14.8. The first-order chi connectivity index (χ1) is 15.9. The van der Waals surface area contributed by atoms with E-state index < -0.39 is 42.8 Å². The maximum Gasteiger partial charge on any atom is 0.208 e. The molecule has 2 aliphatic rings. The molecule has 3 unspecified atom stereocenters. The molecule has 0 saturated heterocycles. The summed E-state index contributed by atoms with van der Waals surface area (Å²) in [4.78, 5) is 6.63. The van der Waals surface area contributed by atoms with E-state index in [9.17, 15) is 13.0 Å². The van der Waals surface area contributed by atoms with Gasteiger partial charge in [0.15, 0.2) is 9.79 Å². The SMILES string of the molecule is C[SH]1c2ccccc2[S+]([O-])c2cc(-c3ccc4c(c3)S(=O)(=O)c3ccccc3[SH]4C)ccc21. The van der Waals surface area contributed by atoms with Crippen LogP contribution >= 0.6 is 21.8 Å². The van der Waals surface area contributed by atoms with Gasteiger partial charge < -0.3 is 4.55 Å². The van der Waals surface area contributed by atoms with Gasteiger partial charge in [-0.1, -0.05) is 36.4 Å². The van der Waals surface area contributed by atoms with E-state index in [0.717, 1.165) is 35.6 Å². The zero-order chi connectivity index (χ0) is 22.9. The first-order valence-corrected chi connectivity index (χ1v) is 16.7. The molecular weight excluding hydrogens is 489 g/mol. The van der Waals surface area contributed by atoms with Gasteiger partial charge in [-0.15, -0.1) is 0 Å². The van der Waals surface area contributed by atoms with Crippen LogP contribution in [0.25, 0.3) is 11.1 Å². The van der Waals surface area contributed by atoms with Gasteiger partial charge in [-0.2, -0.15) is 10.9 Å². The highest BCUT2D eigenvalue weighted by molar-refractivity contribution is 8.18. The zero-order valence-electron chi connectivity index (χ0n) is 18.0. The summed E-state index contributed by atoms with van der Waals surface area (Å²) in [5.41, 5.74) is 1.72. The third kappa shape index (κ3) is 3.14. The Kier molecular flexibility index (Phi) is 4.98. The van der Waals surface area contributed by atoms with Crippen LogP contribution in [-0.4, -0.2) is 25.5 Å². The minimum atomic E-state index is -3.58. The monoisotopic (exact) mass is 510 g/mol. The van der Waals surface area contributed by atoms with Crippen molar-refractivity contribution >= 4 is 42.8 Å². The van der Waals surface area contributed by atoms with E-state index in [4.69, 9.17) is 0 Å². The minimum Gasteiger partial charge on any atom is -0.606 e. The molecule has 168 valence electrons. The molecule has 0 bridgehead atoms. The molecule has 6 rings (SSSR count). The van der Waals surface area contributed by atoms with Crippen LogP contribution in [0.4, 0.5) is 0 Å². The van der Waals surface area contributed by atoms with Crippen molar-refractivity contribution in [1.82, 2.24) is 0 Å². The number of rotatable bonds is 1. The molecule has 4 aromatic rings. The van der Waals surface area contributed by atoms with Gasteiger partial charge in [-0.05, 0) is 66.1 Å². The van der Waals surface area contributed by atoms with Crippen molar-refractivity contribution < 1.29 is 13.0 Å². The second kappa shape index (κ2) is 7.68. The first kappa shape index (κ1) is 21.4. The van der Waals surface area contributed by atoms with Crippen molar-refractivity contribution in [1.29, 1.82) is 0 Å². The number of thiol groups is 2. The van der Waals surface area contributed by atoms with Crippen LogP contribution in [0.5, 0.6) is 0 Å². The van der Waals surface area contributed by atoms with Crippen LogP contribution in [-0.2, 0) is 21.0 Å². The molecule has 0 aliphatic carbocycles. The predicted molar refractivity (Wildman–Crippen MR) is 138 cm³/mol. The van der Waals surface area contributed by atoms with Crippen molar-refractivity contribution in [2.45, 2.75) is 39.2 Å². The van der Waals surface area contributed by atoms with Gasteiger partial charge in [-0.25, -0.2) is 19.3 Å². The molecule has 3 atom stereocenters. The van der Waals surface area contributed by atoms with E-state index >= 15 is 0 Å². The highest BCUT2D eigenvalue weighted by atomic mass is 32.2. The van der Waals surface area contributed by atoms with E-state index in [1.54, 1.807) is 18.2 Å². The molecular formula is C26H22O3S4. The molecule has 0 spiro atoms. The Hall–Kier alpha value is -2.16. The van der Waals surface area contributed by atoms with Gasteiger partial charge in [-0.3, -0.25) is 0 Å². The summed E-state index contributed by atoms with van der Waals surface area (Å²) in [6.07, 6.45) is 4.32. The minimum absolute atomic E-state index is 0.397. The highest BCUT2D eigenvalue weighted by Crippen LogP contribution is 2.55. The van der Waals surface area contributed by atoms with Crippen LogP contribution in [0.15, 0.2) is 124 Å². The van der Waals surface area contributed by atoms with Gasteiger partial charge in [0.05, 0.1) is 9.79 Å². The second-order valence-corrected chi connectivity index (χ2v) is 15.7. The Morgan fingerprint density at radius 3 is 1.97 bits per heavy atom. The van der Waals surface area contributed by atoms with E-state index in [0.29, 0.717) is 9.79 Å². The number of hydrogen-bond donors (Lipinski definition) is 2. The maximum absolute atomic E-state index is 13.5. The van der Waals surface area contributed by atoms with Crippen molar-refractivity contribution in [2.75, 3.05) is 12.5 Å². The molecule has 0 aromatic heterocycles. The third-order valence-electron chi connectivity index (χ3n) is 6.41. The molecule has 0 fully saturated rings. The van der Waals surface area contributed by atoms with E-state index in [1.165, 1.54) is 4.90 Å². The molecule has 0 radical (unpaired) electrons. The lowest BCUT2D eigenvalue weighted by Crippen LogP contribution is -2.13. The van der Waals surface area contributed by atoms with E-state index in [-0.39, 0.29) is 0 Å². The van der Waals surface area contributed by atoms with Gasteiger partial charge in [0.2, 0.25) is 9.84 Å². The number of benzene rings is 4. The number of hydrogen-bond acceptors (Lipinski definition) is 3. The Morgan fingerprint density at radius 2 is 1.18 bits per heavy atom. The summed E-state index contributed by atoms with van der Waals surface area (Å²) in [6, 6.07) is 27.1. The topological polar surface area (TPSA) is 57.2 Å². The largest absolute Gasteiger partial charge is 0.606 e. The molecule has 0 N–H and O–H groups in total. The standard InChI is InChI=1S/C26H22O3S4/c1-30-19-7-3-4-8-21(19)32(27)24-15-17(11-13-20(24)30)18-12-14-23-26(16-18)33(28,29)25-10-6-5-9-22(25)31(23)2/h3-16,30-31H,1-2H3. The summed E-state index contributed by atoms with van der Waals surface area (Å²) < 4.78 is 40.3. The molecule has 4 aromatic carbocycles. The second-order valence-electron chi connectivity index (χ2n) is 8.19. The highest BCUT2D eigenvalue weighted by Gasteiger charge is 2.34. The van der Waals surface area contributed by atoms with Crippen LogP contribution < -0.4 is 0 Å². The quantitative estimate of drug-likeness (QED) is 0.241. The van der Waals surface area contributed by atoms with Crippen molar-refractivity contribution in [3.63, 3.8) is 0 Å². The molecule has 0 amide bonds. The fourth-order valence-corrected chi connectivity index (χ4v) is 13.5. The Bertz CT molecular complexity index is 1550. The average Bonchev–Trinajstić information content (AvgIpc) is 2.85. The Morgan fingerprint density at radius 1 is 0.636 bits per heavy atom. The van der Waals surface area contributed by atoms with Crippen molar-refractivity contribution in [3.8, 4) is 11.1 Å². The van der Waals surface area contributed by atoms with Gasteiger partial charge in [0, 0.05) is 36.8 Å². The van der Waals surface area contributed by atoms with E-state index in [2.05, 4.69) is 24.6 Å². The molecule has 3 nitrogen and oxygen atoms in total. The lowest BCUT2D eigenvalue weighted by Gasteiger charge is -2.30. The molecule has 2 aliphatic heterocycles. The summed E-state index contributed by atoms with van der Waals surface area (Å²) in [5.74, 6) is 0. The molecule has 0 saturated carbocycles. The maximum atomic E-state index is 13.5. The molecule has 33 heavy (non-hydrogen) atoms. The Balaban J connectivity index is 1.48. The van der Waals surface area contributed by atoms with Crippen LogP contribution in [0.3, 0.4) is 0 Å². The van der Waals surface area contributed by atoms with Gasteiger partial charge >= 0.3 is 0 Å². The fourth-order valence-electron chi connectivity index (χ4n) is 4.65. The fraction of sp³-hybridized carbons (Fsp3) is 0.0769. The summed E-state index contributed by atoms with van der Waals surface area (Å²) in [7, 11) is -4.90. The van der Waals surface area contributed by atoms with Gasteiger partial charge in [0.25, 0.3) is 0 Å². The van der Waals surface area contributed by atoms with Crippen LogP contribution in [0.1, 0.15) is 0 Å². The number of sulfone groups is 1. The van der Waals surface area contributed by atoms with Crippen LogP contribution in [0, 0.1) is 0 Å². The van der Waals surface area contributed by atoms with E-state index in [1.807, 2.05) is 54.6 Å². The Labute approximate surface area is 202 Å². The normalized spacial score (nSPS) is 24.2. The molecule has 7 heteroatoms. The van der Waals surface area contributed by atoms with Crippen LogP contribution in [0.2, 0.25) is 0 Å². The smallest absolute Gasteiger partial charge is 0.208 e. The zero-order valence-corrected chi connectivity index (χ0v) is 21.4. The summed E-state index contributed by atoms with van der Waals surface area (Å²) in [5, 5.41) is 0.